The summed E-state index contributed by atoms with van der Waals surface area (Å²) >= 11 is 1.32. The lowest BCUT2D eigenvalue weighted by Gasteiger charge is -2.15. The highest BCUT2D eigenvalue weighted by Crippen LogP contribution is 2.42. The number of amides is 1. The number of hydrogen-bond donors (Lipinski definition) is 1. The van der Waals surface area contributed by atoms with E-state index in [1.807, 2.05) is 0 Å². The van der Waals surface area contributed by atoms with Crippen LogP contribution in [0.25, 0.3) is 10.4 Å². The van der Waals surface area contributed by atoms with Crippen LogP contribution in [-0.2, 0) is 15.6 Å². The van der Waals surface area contributed by atoms with Gasteiger partial charge < -0.3 is 5.09 Å². The molecule has 7 heteroatoms. The van der Waals surface area contributed by atoms with E-state index in [1.165, 1.54) is 11.3 Å². The minimum absolute atomic E-state index is 0.0417. The quantitative estimate of drug-likeness (QED) is 0.821. The molecule has 3 rings (SSSR count). The van der Waals surface area contributed by atoms with Crippen LogP contribution < -0.4 is 5.09 Å². The minimum atomic E-state index is -3.30. The van der Waals surface area contributed by atoms with Gasteiger partial charge in [0.2, 0.25) is 0 Å². The number of thiophene rings is 1. The molecule has 0 aliphatic carbocycles. The van der Waals surface area contributed by atoms with Gasteiger partial charge in [-0.1, -0.05) is 18.2 Å². The first-order valence-electron chi connectivity index (χ1n) is 5.49. The van der Waals surface area contributed by atoms with Gasteiger partial charge in [-0.2, -0.15) is 0 Å². The molecule has 0 saturated carbocycles. The van der Waals surface area contributed by atoms with E-state index < -0.39 is 9.84 Å². The fourth-order valence-corrected chi connectivity index (χ4v) is 5.28. The topological polar surface area (TPSA) is 63.2 Å². The number of hydrogen-bond acceptors (Lipinski definition) is 4. The first kappa shape index (κ1) is 12.8. The summed E-state index contributed by atoms with van der Waals surface area (Å²) in [6, 6.07) is 8.57. The van der Waals surface area contributed by atoms with Gasteiger partial charge in [0.1, 0.15) is 0 Å². The number of rotatable bonds is 1. The Hall–Kier alpha value is -1.23. The Morgan fingerprint density at radius 2 is 2.05 bits per heavy atom. The van der Waals surface area contributed by atoms with Gasteiger partial charge in [0, 0.05) is 10.4 Å². The van der Waals surface area contributed by atoms with E-state index in [0.29, 0.717) is 20.9 Å². The average Bonchev–Trinajstić information content (AvgIpc) is 2.81. The molecule has 1 aromatic carbocycles. The predicted molar refractivity (Wildman–Crippen MR) is 77.8 cm³/mol. The first-order valence-corrected chi connectivity index (χ1v) is 8.53. The molecule has 1 aliphatic heterocycles. The molecule has 4 nitrogen and oxygen atoms in total. The third-order valence-electron chi connectivity index (χ3n) is 2.98. The lowest BCUT2D eigenvalue weighted by atomic mass is 10.1. The summed E-state index contributed by atoms with van der Waals surface area (Å²) in [4.78, 5) is 13.4. The Kier molecular flexibility index (Phi) is 2.96. The van der Waals surface area contributed by atoms with Crippen molar-refractivity contribution in [3.63, 3.8) is 0 Å². The smallest absolute Gasteiger partial charge is 0.264 e. The van der Waals surface area contributed by atoms with Crippen molar-refractivity contribution in [1.82, 2.24) is 5.09 Å². The largest absolute Gasteiger partial charge is 0.336 e. The van der Waals surface area contributed by atoms with Gasteiger partial charge in [0.25, 0.3) is 5.91 Å². The summed E-state index contributed by atoms with van der Waals surface area (Å²) in [6.07, 6.45) is 0. The van der Waals surface area contributed by atoms with E-state index in [1.54, 1.807) is 30.3 Å². The van der Waals surface area contributed by atoms with Gasteiger partial charge >= 0.3 is 0 Å². The van der Waals surface area contributed by atoms with Crippen LogP contribution in [0.3, 0.4) is 0 Å². The maximum atomic E-state index is 12.2. The molecule has 1 amide bonds. The fourth-order valence-electron chi connectivity index (χ4n) is 2.15. The van der Waals surface area contributed by atoms with Crippen LogP contribution in [0.15, 0.2) is 35.2 Å². The van der Waals surface area contributed by atoms with Gasteiger partial charge in [0.15, 0.2) is 9.84 Å². The summed E-state index contributed by atoms with van der Waals surface area (Å²) in [5.41, 5.74) is 1.39. The van der Waals surface area contributed by atoms with Gasteiger partial charge in [-0.3, -0.25) is 4.79 Å². The molecule has 98 valence electrons. The third-order valence-corrected chi connectivity index (χ3v) is 6.16. The molecule has 0 saturated heterocycles. The van der Waals surface area contributed by atoms with Crippen molar-refractivity contribution in [2.75, 3.05) is 0 Å². The van der Waals surface area contributed by atoms with Crippen molar-refractivity contribution in [2.24, 2.45) is 0 Å². The first-order chi connectivity index (χ1) is 9.03. The molecule has 1 N–H and O–H groups in total. The van der Waals surface area contributed by atoms with Crippen LogP contribution in [0.5, 0.6) is 0 Å². The lowest BCUT2D eigenvalue weighted by Crippen LogP contribution is -2.11. The zero-order valence-electron chi connectivity index (χ0n) is 9.71. The standard InChI is InChI=1S/C12H10NO3PS2/c14-12(13-17)9-5-7-6-19(15,16)10-4-2-1-3-8(10)11(7)18-9/h1-5H,6,17H2,(H,13,14). The predicted octanol–water partition coefficient (Wildman–Crippen LogP) is 2.22. The van der Waals surface area contributed by atoms with Crippen molar-refractivity contribution in [1.29, 1.82) is 0 Å². The van der Waals surface area contributed by atoms with Crippen LogP contribution in [0.4, 0.5) is 0 Å². The molecule has 0 fully saturated rings. The molecule has 1 unspecified atom stereocenters. The molecule has 0 spiro atoms. The van der Waals surface area contributed by atoms with Crippen molar-refractivity contribution in [3.8, 4) is 10.4 Å². The monoisotopic (exact) mass is 311 g/mol. The van der Waals surface area contributed by atoms with Gasteiger partial charge in [-0.25, -0.2) is 8.42 Å². The Morgan fingerprint density at radius 1 is 1.32 bits per heavy atom. The zero-order valence-corrected chi connectivity index (χ0v) is 12.5. The van der Waals surface area contributed by atoms with E-state index in [9.17, 15) is 13.2 Å². The average molecular weight is 311 g/mol. The number of fused-ring (bicyclic) bond motifs is 3. The summed E-state index contributed by atoms with van der Waals surface area (Å²) in [5.74, 6) is -0.265. The van der Waals surface area contributed by atoms with E-state index in [-0.39, 0.29) is 11.7 Å². The third kappa shape index (κ3) is 2.00. The minimum Gasteiger partial charge on any atom is -0.336 e. The zero-order chi connectivity index (χ0) is 13.6. The molecule has 2 aromatic rings. The molecule has 1 atom stereocenters. The summed E-state index contributed by atoms with van der Waals surface area (Å²) in [6.45, 7) is 0. The van der Waals surface area contributed by atoms with Crippen molar-refractivity contribution < 1.29 is 13.2 Å². The maximum Gasteiger partial charge on any atom is 0.264 e. The highest BCUT2D eigenvalue weighted by molar-refractivity contribution is 7.91. The molecule has 0 bridgehead atoms. The fraction of sp³-hybridized carbons (Fsp3) is 0.0833. The van der Waals surface area contributed by atoms with Gasteiger partial charge in [0.05, 0.1) is 15.5 Å². The second-order valence-electron chi connectivity index (χ2n) is 4.19. The number of carbonyl (C=O) groups excluding carboxylic acids is 1. The van der Waals surface area contributed by atoms with Crippen LogP contribution in [-0.4, -0.2) is 14.3 Å². The summed E-state index contributed by atoms with van der Waals surface area (Å²) in [7, 11) is -1.15. The lowest BCUT2D eigenvalue weighted by molar-refractivity contribution is 0.0988. The SMILES string of the molecule is O=C(NP)c1cc2c(s1)-c1ccccc1S(=O)(=O)C2. The molecule has 19 heavy (non-hydrogen) atoms. The number of sulfone groups is 1. The summed E-state index contributed by atoms with van der Waals surface area (Å²) < 4.78 is 24.4. The van der Waals surface area contributed by atoms with E-state index in [0.717, 1.165) is 4.88 Å². The van der Waals surface area contributed by atoms with E-state index >= 15 is 0 Å². The van der Waals surface area contributed by atoms with Crippen molar-refractivity contribution >= 4 is 36.5 Å². The normalized spacial score (nSPS) is 15.4. The molecular formula is C12H10NO3PS2. The Morgan fingerprint density at radius 3 is 2.79 bits per heavy atom. The van der Waals surface area contributed by atoms with Crippen LogP contribution >= 0.6 is 20.7 Å². The molecular weight excluding hydrogens is 301 g/mol. The number of benzene rings is 1. The molecule has 0 radical (unpaired) electrons. The second kappa shape index (κ2) is 4.40. The van der Waals surface area contributed by atoms with Crippen LogP contribution in [0, 0.1) is 0 Å². The molecule has 1 aromatic heterocycles. The highest BCUT2D eigenvalue weighted by atomic mass is 32.2. The Labute approximate surface area is 117 Å². The van der Waals surface area contributed by atoms with E-state index in [2.05, 4.69) is 14.5 Å². The Balaban J connectivity index is 2.26. The number of nitrogens with one attached hydrogen (secondary N) is 1. The van der Waals surface area contributed by atoms with E-state index in [4.69, 9.17) is 0 Å². The summed E-state index contributed by atoms with van der Waals surface area (Å²) in [5, 5.41) is 2.47. The Bertz CT molecular complexity index is 780. The highest BCUT2D eigenvalue weighted by Gasteiger charge is 2.30. The van der Waals surface area contributed by atoms with Crippen LogP contribution in [0.2, 0.25) is 0 Å². The van der Waals surface area contributed by atoms with Crippen LogP contribution in [0.1, 0.15) is 15.2 Å². The molecule has 2 heterocycles. The maximum absolute atomic E-state index is 12.2. The van der Waals surface area contributed by atoms with Crippen molar-refractivity contribution in [3.05, 3.63) is 40.8 Å². The van der Waals surface area contributed by atoms with Crippen molar-refractivity contribution in [2.45, 2.75) is 10.6 Å². The van der Waals surface area contributed by atoms with Gasteiger partial charge in [-0.05, 0) is 27.1 Å². The second-order valence-corrected chi connectivity index (χ2v) is 7.49. The molecule has 1 aliphatic rings. The number of carbonyl (C=O) groups is 1. The van der Waals surface area contributed by atoms with Gasteiger partial charge in [-0.15, -0.1) is 11.3 Å².